The number of hydrogen-bond acceptors (Lipinski definition) is 5. The lowest BCUT2D eigenvalue weighted by Gasteiger charge is -2.28. The van der Waals surface area contributed by atoms with E-state index in [2.05, 4.69) is 20.6 Å². The second kappa shape index (κ2) is 9.72. The number of hydrogen-bond donors (Lipinski definition) is 3. The molecule has 9 heteroatoms. The zero-order valence-corrected chi connectivity index (χ0v) is 16.3. The van der Waals surface area contributed by atoms with Crippen LogP contribution >= 0.6 is 0 Å². The SMILES string of the molecule is CNC(=O)[C@@H]1CCCN1C(=O)[C@H](Cc1cnc[nH]1)NC(=O)OCc1ccccc1. The second-order valence-electron chi connectivity index (χ2n) is 6.84. The molecule has 154 valence electrons. The molecule has 1 aliphatic rings. The molecular weight excluding hydrogens is 374 g/mol. The number of carbonyl (C=O) groups excluding carboxylic acids is 3. The number of aromatic amines is 1. The average molecular weight is 399 g/mol. The van der Waals surface area contributed by atoms with Crippen LogP contribution in [0.2, 0.25) is 0 Å². The highest BCUT2D eigenvalue weighted by Gasteiger charge is 2.37. The molecule has 0 bridgehead atoms. The maximum absolute atomic E-state index is 13.2. The number of nitrogens with one attached hydrogen (secondary N) is 3. The highest BCUT2D eigenvalue weighted by molar-refractivity contribution is 5.91. The Hall–Kier alpha value is -3.36. The first kappa shape index (κ1) is 20.4. The first-order valence-electron chi connectivity index (χ1n) is 9.55. The van der Waals surface area contributed by atoms with Crippen LogP contribution in [0.1, 0.15) is 24.1 Å². The Labute approximate surface area is 168 Å². The maximum atomic E-state index is 13.2. The monoisotopic (exact) mass is 399 g/mol. The number of likely N-dealkylation sites (tertiary alicyclic amines) is 1. The van der Waals surface area contributed by atoms with E-state index in [-0.39, 0.29) is 24.8 Å². The summed E-state index contributed by atoms with van der Waals surface area (Å²) in [5.74, 6) is -0.523. The zero-order valence-electron chi connectivity index (χ0n) is 16.3. The minimum atomic E-state index is -0.871. The van der Waals surface area contributed by atoms with Crippen molar-refractivity contribution in [2.45, 2.75) is 38.0 Å². The van der Waals surface area contributed by atoms with Gasteiger partial charge in [-0.2, -0.15) is 0 Å². The zero-order chi connectivity index (χ0) is 20.6. The van der Waals surface area contributed by atoms with Crippen molar-refractivity contribution in [1.29, 1.82) is 0 Å². The van der Waals surface area contributed by atoms with E-state index in [4.69, 9.17) is 4.74 Å². The lowest BCUT2D eigenvalue weighted by molar-refractivity contribution is -0.139. The van der Waals surface area contributed by atoms with Crippen LogP contribution in [0, 0.1) is 0 Å². The fraction of sp³-hybridized carbons (Fsp3) is 0.400. The Morgan fingerprint density at radius 3 is 2.79 bits per heavy atom. The van der Waals surface area contributed by atoms with Crippen LogP contribution in [0.25, 0.3) is 0 Å². The molecule has 2 aromatic rings. The largest absolute Gasteiger partial charge is 0.445 e. The molecule has 2 heterocycles. The molecular formula is C20H25N5O4. The van der Waals surface area contributed by atoms with Gasteiger partial charge in [0.05, 0.1) is 6.33 Å². The van der Waals surface area contributed by atoms with Gasteiger partial charge in [0.1, 0.15) is 18.7 Å². The molecule has 29 heavy (non-hydrogen) atoms. The minimum Gasteiger partial charge on any atom is -0.445 e. The van der Waals surface area contributed by atoms with E-state index in [9.17, 15) is 14.4 Å². The van der Waals surface area contributed by atoms with E-state index in [1.54, 1.807) is 13.2 Å². The fourth-order valence-electron chi connectivity index (χ4n) is 3.39. The van der Waals surface area contributed by atoms with Crippen molar-refractivity contribution in [2.24, 2.45) is 0 Å². The highest BCUT2D eigenvalue weighted by atomic mass is 16.5. The number of imidazole rings is 1. The summed E-state index contributed by atoms with van der Waals surface area (Å²) in [5, 5.41) is 5.24. The van der Waals surface area contributed by atoms with Gasteiger partial charge in [-0.1, -0.05) is 30.3 Å². The number of likely N-dealkylation sites (N-methyl/N-ethyl adjacent to an activating group) is 1. The molecule has 1 aromatic carbocycles. The number of amides is 3. The van der Waals surface area contributed by atoms with Crippen LogP contribution in [0.3, 0.4) is 0 Å². The van der Waals surface area contributed by atoms with Crippen molar-refractivity contribution in [3.05, 3.63) is 54.1 Å². The van der Waals surface area contributed by atoms with Gasteiger partial charge in [0.25, 0.3) is 0 Å². The smallest absolute Gasteiger partial charge is 0.408 e. The number of nitrogens with zero attached hydrogens (tertiary/aromatic N) is 2. The fourth-order valence-corrected chi connectivity index (χ4v) is 3.39. The van der Waals surface area contributed by atoms with Gasteiger partial charge in [0.15, 0.2) is 0 Å². The quantitative estimate of drug-likeness (QED) is 0.642. The molecule has 3 N–H and O–H groups in total. The summed E-state index contributed by atoms with van der Waals surface area (Å²) in [6.45, 7) is 0.569. The molecule has 1 saturated heterocycles. The van der Waals surface area contributed by atoms with Crippen LogP contribution in [0.15, 0.2) is 42.9 Å². The molecule has 0 unspecified atom stereocenters. The molecule has 1 fully saturated rings. The number of carbonyl (C=O) groups is 3. The summed E-state index contributed by atoms with van der Waals surface area (Å²) in [5.41, 5.74) is 1.54. The number of aromatic nitrogens is 2. The molecule has 0 radical (unpaired) electrons. The molecule has 3 rings (SSSR count). The lowest BCUT2D eigenvalue weighted by atomic mass is 10.1. The van der Waals surface area contributed by atoms with Gasteiger partial charge in [-0.05, 0) is 18.4 Å². The first-order valence-corrected chi connectivity index (χ1v) is 9.55. The van der Waals surface area contributed by atoms with Gasteiger partial charge in [0, 0.05) is 31.9 Å². The van der Waals surface area contributed by atoms with E-state index in [0.29, 0.717) is 18.7 Å². The third-order valence-electron chi connectivity index (χ3n) is 4.87. The standard InChI is InChI=1S/C20H25N5O4/c1-21-18(26)17-8-5-9-25(17)19(27)16(10-15-11-22-13-23-15)24-20(28)29-12-14-6-3-2-4-7-14/h2-4,6-7,11,13,16-17H,5,8-10,12H2,1H3,(H,21,26)(H,22,23)(H,24,28)/t16-,17-/m0/s1. The summed E-state index contributed by atoms with van der Waals surface area (Å²) >= 11 is 0. The summed E-state index contributed by atoms with van der Waals surface area (Å²) < 4.78 is 5.26. The predicted molar refractivity (Wildman–Crippen MR) is 105 cm³/mol. The second-order valence-corrected chi connectivity index (χ2v) is 6.84. The number of H-pyrrole nitrogens is 1. The maximum Gasteiger partial charge on any atom is 0.408 e. The molecule has 3 amide bonds. The summed E-state index contributed by atoms with van der Waals surface area (Å²) in [7, 11) is 1.55. The Morgan fingerprint density at radius 1 is 1.31 bits per heavy atom. The van der Waals surface area contributed by atoms with E-state index >= 15 is 0 Å². The molecule has 0 spiro atoms. The van der Waals surface area contributed by atoms with Crippen LogP contribution in [0.5, 0.6) is 0 Å². The molecule has 1 aromatic heterocycles. The van der Waals surface area contributed by atoms with Crippen molar-refractivity contribution in [3.8, 4) is 0 Å². The number of rotatable bonds is 7. The van der Waals surface area contributed by atoms with E-state index in [1.807, 2.05) is 30.3 Å². The van der Waals surface area contributed by atoms with Gasteiger partial charge in [-0.15, -0.1) is 0 Å². The Morgan fingerprint density at radius 2 is 2.10 bits per heavy atom. The van der Waals surface area contributed by atoms with Crippen molar-refractivity contribution in [2.75, 3.05) is 13.6 Å². The van der Waals surface area contributed by atoms with Crippen molar-refractivity contribution < 1.29 is 19.1 Å². The Balaban J connectivity index is 1.67. The predicted octanol–water partition coefficient (Wildman–Crippen LogP) is 0.984. The van der Waals surface area contributed by atoms with E-state index in [1.165, 1.54) is 11.2 Å². The third kappa shape index (κ3) is 5.34. The van der Waals surface area contributed by atoms with Gasteiger partial charge in [0.2, 0.25) is 11.8 Å². The molecule has 9 nitrogen and oxygen atoms in total. The van der Waals surface area contributed by atoms with Crippen LogP contribution in [-0.2, 0) is 27.4 Å². The van der Waals surface area contributed by atoms with Gasteiger partial charge in [-0.25, -0.2) is 9.78 Å². The Bertz CT molecular complexity index is 825. The van der Waals surface area contributed by atoms with Gasteiger partial charge in [-0.3, -0.25) is 9.59 Å². The highest BCUT2D eigenvalue weighted by Crippen LogP contribution is 2.19. The van der Waals surface area contributed by atoms with Crippen LogP contribution < -0.4 is 10.6 Å². The van der Waals surface area contributed by atoms with Crippen LogP contribution in [0.4, 0.5) is 4.79 Å². The Kier molecular flexibility index (Phi) is 6.83. The minimum absolute atomic E-state index is 0.0994. The normalized spacial score (nSPS) is 16.9. The molecule has 0 saturated carbocycles. The van der Waals surface area contributed by atoms with Crippen molar-refractivity contribution >= 4 is 17.9 Å². The van der Waals surface area contributed by atoms with Crippen molar-refractivity contribution in [1.82, 2.24) is 25.5 Å². The van der Waals surface area contributed by atoms with Crippen molar-refractivity contribution in [3.63, 3.8) is 0 Å². The first-order chi connectivity index (χ1) is 14.1. The number of alkyl carbamates (subject to hydrolysis) is 1. The number of benzene rings is 1. The molecule has 2 atom stereocenters. The van der Waals surface area contributed by atoms with Gasteiger partial charge >= 0.3 is 6.09 Å². The average Bonchev–Trinajstić information content (AvgIpc) is 3.43. The summed E-state index contributed by atoms with van der Waals surface area (Å²) in [4.78, 5) is 46.0. The van der Waals surface area contributed by atoms with Crippen LogP contribution in [-0.4, -0.2) is 58.5 Å². The van der Waals surface area contributed by atoms with E-state index in [0.717, 1.165) is 12.0 Å². The third-order valence-corrected chi connectivity index (χ3v) is 4.87. The lowest BCUT2D eigenvalue weighted by Crippen LogP contribution is -2.54. The summed E-state index contributed by atoms with van der Waals surface area (Å²) in [6, 6.07) is 7.88. The number of ether oxygens (including phenoxy) is 1. The molecule has 1 aliphatic heterocycles. The molecule has 0 aliphatic carbocycles. The summed E-state index contributed by atoms with van der Waals surface area (Å²) in [6.07, 6.45) is 3.96. The van der Waals surface area contributed by atoms with Gasteiger partial charge < -0.3 is 25.3 Å². The topological polar surface area (TPSA) is 116 Å². The van der Waals surface area contributed by atoms with E-state index < -0.39 is 18.2 Å².